The smallest absolute Gasteiger partial charge is 1.00 e. The Labute approximate surface area is 117 Å². The van der Waals surface area contributed by atoms with Crippen molar-refractivity contribution < 1.29 is 20.3 Å². The fourth-order valence-electron chi connectivity index (χ4n) is 1.73. The molecule has 2 heteroatoms. The normalized spacial score (nSPS) is 11.6. The average Bonchev–Trinajstić information content (AvgIpc) is 2.38. The molecule has 2 aromatic carbocycles. The molecule has 84 valence electrons. The first-order valence-electron chi connectivity index (χ1n) is 5.68. The van der Waals surface area contributed by atoms with E-state index in [1.165, 1.54) is 11.1 Å². The predicted molar refractivity (Wildman–Crippen MR) is 69.3 cm³/mol. The standard InChI is InChI=1S/C15H17N.Li.H/c1-13(15-10-6-3-7-11-15)16-12-14-8-4-2-5-9-14;;/h2-11,13,16H,12H2,1H3;;/q;+1;-1/t13-;;/m0../s1. The minimum atomic E-state index is 0. The third-order valence-corrected chi connectivity index (χ3v) is 2.75. The van der Waals surface area contributed by atoms with Crippen molar-refractivity contribution in [3.63, 3.8) is 0 Å². The molecule has 0 heterocycles. The van der Waals surface area contributed by atoms with E-state index in [4.69, 9.17) is 0 Å². The van der Waals surface area contributed by atoms with E-state index >= 15 is 0 Å². The van der Waals surface area contributed by atoms with Gasteiger partial charge in [0.2, 0.25) is 0 Å². The van der Waals surface area contributed by atoms with E-state index in [1.807, 2.05) is 12.1 Å². The van der Waals surface area contributed by atoms with Crippen molar-refractivity contribution in [3.05, 3.63) is 71.8 Å². The van der Waals surface area contributed by atoms with Crippen LogP contribution in [0.1, 0.15) is 25.5 Å². The zero-order chi connectivity index (χ0) is 11.2. The summed E-state index contributed by atoms with van der Waals surface area (Å²) in [5.41, 5.74) is 2.66. The number of hydrogen-bond donors (Lipinski definition) is 1. The van der Waals surface area contributed by atoms with E-state index in [0.717, 1.165) is 6.54 Å². The van der Waals surface area contributed by atoms with Gasteiger partial charge in [0.25, 0.3) is 0 Å². The van der Waals surface area contributed by atoms with Gasteiger partial charge in [-0.2, -0.15) is 0 Å². The second-order valence-electron chi connectivity index (χ2n) is 4.00. The molecular weight excluding hydrogens is 201 g/mol. The summed E-state index contributed by atoms with van der Waals surface area (Å²) in [6.45, 7) is 3.11. The van der Waals surface area contributed by atoms with Gasteiger partial charge in [-0.05, 0) is 18.1 Å². The first kappa shape index (κ1) is 14.1. The summed E-state index contributed by atoms with van der Waals surface area (Å²) >= 11 is 0. The predicted octanol–water partition coefficient (Wildman–Crippen LogP) is 0.654. The molecule has 0 aliphatic heterocycles. The maximum absolute atomic E-state index is 3.52. The Morgan fingerprint density at radius 3 is 2.06 bits per heavy atom. The van der Waals surface area contributed by atoms with Gasteiger partial charge in [0.05, 0.1) is 0 Å². The van der Waals surface area contributed by atoms with Crippen LogP contribution in [0, 0.1) is 0 Å². The van der Waals surface area contributed by atoms with Gasteiger partial charge in [-0.25, -0.2) is 0 Å². The van der Waals surface area contributed by atoms with E-state index in [2.05, 4.69) is 60.8 Å². The molecule has 0 amide bonds. The van der Waals surface area contributed by atoms with Gasteiger partial charge in [-0.1, -0.05) is 60.7 Å². The quantitative estimate of drug-likeness (QED) is 0.745. The van der Waals surface area contributed by atoms with Gasteiger partial charge in [-0.15, -0.1) is 0 Å². The number of rotatable bonds is 4. The molecule has 0 spiro atoms. The van der Waals surface area contributed by atoms with Crippen molar-refractivity contribution in [1.82, 2.24) is 5.32 Å². The summed E-state index contributed by atoms with van der Waals surface area (Å²) in [6, 6.07) is 21.4. The van der Waals surface area contributed by atoms with Gasteiger partial charge < -0.3 is 6.74 Å². The Bertz CT molecular complexity index is 419. The van der Waals surface area contributed by atoms with Crippen molar-refractivity contribution in [2.45, 2.75) is 19.5 Å². The molecule has 1 N–H and O–H groups in total. The van der Waals surface area contributed by atoms with Gasteiger partial charge in [0.15, 0.2) is 0 Å². The summed E-state index contributed by atoms with van der Waals surface area (Å²) in [6.07, 6.45) is 0. The van der Waals surface area contributed by atoms with Crippen LogP contribution >= 0.6 is 0 Å². The van der Waals surface area contributed by atoms with Gasteiger partial charge in [-0.3, -0.25) is 0 Å². The minimum absolute atomic E-state index is 0. The Morgan fingerprint density at radius 1 is 0.941 bits per heavy atom. The molecule has 0 aliphatic rings. The van der Waals surface area contributed by atoms with E-state index in [1.54, 1.807) is 0 Å². The van der Waals surface area contributed by atoms with Crippen LogP contribution in [-0.4, -0.2) is 0 Å². The summed E-state index contributed by atoms with van der Waals surface area (Å²) in [5.74, 6) is 0. The van der Waals surface area contributed by atoms with Gasteiger partial charge >= 0.3 is 18.9 Å². The fourth-order valence-corrected chi connectivity index (χ4v) is 1.73. The second kappa shape index (κ2) is 7.35. The molecule has 0 bridgehead atoms. The van der Waals surface area contributed by atoms with Crippen molar-refractivity contribution in [2.75, 3.05) is 0 Å². The summed E-state index contributed by atoms with van der Waals surface area (Å²) < 4.78 is 0. The number of hydrogen-bond acceptors (Lipinski definition) is 1. The molecule has 0 aromatic heterocycles. The molecule has 0 unspecified atom stereocenters. The Kier molecular flexibility index (Phi) is 6.08. The molecule has 0 saturated carbocycles. The molecule has 0 aliphatic carbocycles. The molecule has 2 rings (SSSR count). The number of nitrogens with one attached hydrogen (secondary N) is 1. The molecule has 1 atom stereocenters. The van der Waals surface area contributed by atoms with Crippen LogP contribution in [0.3, 0.4) is 0 Å². The maximum Gasteiger partial charge on any atom is 1.00 e. The zero-order valence-corrected chi connectivity index (χ0v) is 10.6. The van der Waals surface area contributed by atoms with Gasteiger partial charge in [0, 0.05) is 12.6 Å². The van der Waals surface area contributed by atoms with Crippen LogP contribution in [0.5, 0.6) is 0 Å². The first-order chi connectivity index (χ1) is 7.86. The molecule has 1 nitrogen and oxygen atoms in total. The van der Waals surface area contributed by atoms with Crippen LogP contribution < -0.4 is 24.2 Å². The zero-order valence-electron chi connectivity index (χ0n) is 11.6. The summed E-state index contributed by atoms with van der Waals surface area (Å²) in [4.78, 5) is 0. The molecule has 0 radical (unpaired) electrons. The topological polar surface area (TPSA) is 12.0 Å². The third kappa shape index (κ3) is 4.40. The number of benzene rings is 2. The molecule has 17 heavy (non-hydrogen) atoms. The van der Waals surface area contributed by atoms with Crippen molar-refractivity contribution >= 4 is 0 Å². The van der Waals surface area contributed by atoms with E-state index in [0.29, 0.717) is 6.04 Å². The van der Waals surface area contributed by atoms with E-state index < -0.39 is 0 Å². The van der Waals surface area contributed by atoms with Crippen molar-refractivity contribution in [1.29, 1.82) is 0 Å². The fraction of sp³-hybridized carbons (Fsp3) is 0.200. The summed E-state index contributed by atoms with van der Waals surface area (Å²) in [7, 11) is 0. The van der Waals surface area contributed by atoms with Crippen LogP contribution in [0.2, 0.25) is 0 Å². The average molecular weight is 219 g/mol. The SMILES string of the molecule is C[C@H](NCc1ccccc1)c1ccccc1.[H-].[Li+]. The van der Waals surface area contributed by atoms with Crippen LogP contribution in [0.25, 0.3) is 0 Å². The molecule has 0 saturated heterocycles. The second-order valence-corrected chi connectivity index (χ2v) is 4.00. The van der Waals surface area contributed by atoms with Crippen molar-refractivity contribution in [3.8, 4) is 0 Å². The van der Waals surface area contributed by atoms with Crippen LogP contribution in [-0.2, 0) is 6.54 Å². The minimum Gasteiger partial charge on any atom is -1.00 e. The van der Waals surface area contributed by atoms with E-state index in [-0.39, 0.29) is 20.3 Å². The molecule has 2 aromatic rings. The van der Waals surface area contributed by atoms with Crippen LogP contribution in [0.4, 0.5) is 0 Å². The maximum atomic E-state index is 3.52. The largest absolute Gasteiger partial charge is 1.00 e. The monoisotopic (exact) mass is 219 g/mol. The summed E-state index contributed by atoms with van der Waals surface area (Å²) in [5, 5.41) is 3.52. The van der Waals surface area contributed by atoms with Crippen LogP contribution in [0.15, 0.2) is 60.7 Å². The van der Waals surface area contributed by atoms with Crippen molar-refractivity contribution in [2.24, 2.45) is 0 Å². The Morgan fingerprint density at radius 2 is 1.47 bits per heavy atom. The molecular formula is C15H18LiN. The van der Waals surface area contributed by atoms with Gasteiger partial charge in [0.1, 0.15) is 0 Å². The third-order valence-electron chi connectivity index (χ3n) is 2.75. The first-order valence-corrected chi connectivity index (χ1v) is 5.68. The van der Waals surface area contributed by atoms with E-state index in [9.17, 15) is 0 Å². The molecule has 0 fully saturated rings. The Balaban J connectivity index is 0.00000144. The Hall–Kier alpha value is -1.00.